The molecule has 108 valence electrons. The highest BCUT2D eigenvalue weighted by molar-refractivity contribution is 7.14. The van der Waals surface area contributed by atoms with Crippen molar-refractivity contribution >= 4 is 17.2 Å². The number of piperidine rings is 1. The maximum Gasteiger partial charge on any atom is 0.264 e. The summed E-state index contributed by atoms with van der Waals surface area (Å²) >= 11 is 1.43. The third kappa shape index (κ3) is 3.23. The van der Waals surface area contributed by atoms with Gasteiger partial charge in [0.2, 0.25) is 0 Å². The highest BCUT2D eigenvalue weighted by Crippen LogP contribution is 2.27. The van der Waals surface area contributed by atoms with Crippen LogP contribution in [0.2, 0.25) is 0 Å². The monoisotopic (exact) mass is 291 g/mol. The number of carbonyl (C=O) groups is 1. The van der Waals surface area contributed by atoms with Gasteiger partial charge in [0.1, 0.15) is 6.61 Å². The standard InChI is InChI=1S/C16H21NO2S/c1-11-6-7-13(3)17(10-11)16(19)15-9-12(2)14(20-15)5-4-8-18/h9,11,13,18H,6-8,10H2,1-3H3. The van der Waals surface area contributed by atoms with Gasteiger partial charge in [0.15, 0.2) is 0 Å². The van der Waals surface area contributed by atoms with Gasteiger partial charge < -0.3 is 10.0 Å². The van der Waals surface area contributed by atoms with Crippen LogP contribution in [0, 0.1) is 24.7 Å². The molecule has 3 nitrogen and oxygen atoms in total. The Hall–Kier alpha value is -1.31. The fourth-order valence-corrected chi connectivity index (χ4v) is 3.55. The lowest BCUT2D eigenvalue weighted by molar-refractivity contribution is 0.0579. The highest BCUT2D eigenvalue weighted by Gasteiger charge is 2.28. The Morgan fingerprint density at radius 1 is 1.50 bits per heavy atom. The zero-order valence-electron chi connectivity index (χ0n) is 12.3. The summed E-state index contributed by atoms with van der Waals surface area (Å²) in [4.78, 5) is 16.3. The minimum absolute atomic E-state index is 0.120. The number of amides is 1. The predicted molar refractivity (Wildman–Crippen MR) is 81.9 cm³/mol. The second-order valence-corrected chi connectivity index (χ2v) is 6.62. The Bertz CT molecular complexity index is 553. The van der Waals surface area contributed by atoms with E-state index in [0.717, 1.165) is 28.3 Å². The number of aliphatic hydroxyl groups is 1. The molecule has 0 radical (unpaired) electrons. The first-order chi connectivity index (χ1) is 9.52. The molecule has 4 heteroatoms. The van der Waals surface area contributed by atoms with Crippen LogP contribution in [0.15, 0.2) is 6.07 Å². The first-order valence-corrected chi connectivity index (χ1v) is 7.85. The number of hydrogen-bond donors (Lipinski definition) is 1. The lowest BCUT2D eigenvalue weighted by Crippen LogP contribution is -2.44. The fraction of sp³-hybridized carbons (Fsp3) is 0.562. The van der Waals surface area contributed by atoms with E-state index >= 15 is 0 Å². The summed E-state index contributed by atoms with van der Waals surface area (Å²) in [5.41, 5.74) is 1.01. The van der Waals surface area contributed by atoms with Gasteiger partial charge in [-0.25, -0.2) is 0 Å². The lowest BCUT2D eigenvalue weighted by atomic mass is 9.95. The van der Waals surface area contributed by atoms with E-state index in [9.17, 15) is 4.79 Å². The molecule has 1 aromatic heterocycles. The van der Waals surface area contributed by atoms with Crippen LogP contribution < -0.4 is 0 Å². The van der Waals surface area contributed by atoms with E-state index in [1.165, 1.54) is 17.8 Å². The number of thiophene rings is 1. The van der Waals surface area contributed by atoms with Crippen molar-refractivity contribution in [1.29, 1.82) is 0 Å². The molecule has 20 heavy (non-hydrogen) atoms. The van der Waals surface area contributed by atoms with Crippen LogP contribution >= 0.6 is 11.3 Å². The molecule has 0 bridgehead atoms. The molecule has 2 rings (SSSR count). The van der Waals surface area contributed by atoms with E-state index < -0.39 is 0 Å². The number of rotatable bonds is 1. The molecule has 1 aliphatic rings. The van der Waals surface area contributed by atoms with Gasteiger partial charge in [-0.15, -0.1) is 11.3 Å². The molecule has 2 atom stereocenters. The van der Waals surface area contributed by atoms with Crippen LogP contribution in [0.4, 0.5) is 0 Å². The molecule has 1 N–H and O–H groups in total. The maximum atomic E-state index is 12.6. The predicted octanol–water partition coefficient (Wildman–Crippen LogP) is 2.66. The van der Waals surface area contributed by atoms with Crippen molar-refractivity contribution in [2.75, 3.05) is 13.2 Å². The van der Waals surface area contributed by atoms with E-state index in [1.807, 2.05) is 17.9 Å². The summed E-state index contributed by atoms with van der Waals surface area (Å²) in [5.74, 6) is 6.25. The van der Waals surface area contributed by atoms with Crippen molar-refractivity contribution in [3.05, 3.63) is 21.4 Å². The SMILES string of the molecule is Cc1cc(C(=O)N2CC(C)CCC2C)sc1C#CCO. The average molecular weight is 291 g/mol. The summed E-state index contributed by atoms with van der Waals surface area (Å²) in [6.45, 7) is 6.97. The molecule has 1 fully saturated rings. The summed E-state index contributed by atoms with van der Waals surface area (Å²) in [6.07, 6.45) is 2.27. The van der Waals surface area contributed by atoms with Crippen LogP contribution in [-0.4, -0.2) is 35.1 Å². The summed E-state index contributed by atoms with van der Waals surface area (Å²) in [7, 11) is 0. The van der Waals surface area contributed by atoms with Gasteiger partial charge in [-0.1, -0.05) is 18.8 Å². The minimum atomic E-state index is -0.151. The average Bonchev–Trinajstić information content (AvgIpc) is 2.79. The molecule has 0 saturated carbocycles. The van der Waals surface area contributed by atoms with Crippen molar-refractivity contribution in [3.8, 4) is 11.8 Å². The van der Waals surface area contributed by atoms with Crippen LogP contribution in [-0.2, 0) is 0 Å². The van der Waals surface area contributed by atoms with Gasteiger partial charge in [-0.3, -0.25) is 4.79 Å². The highest BCUT2D eigenvalue weighted by atomic mass is 32.1. The molecular weight excluding hydrogens is 270 g/mol. The molecule has 1 aliphatic heterocycles. The molecule has 0 aliphatic carbocycles. The zero-order chi connectivity index (χ0) is 14.7. The number of aliphatic hydroxyl groups excluding tert-OH is 1. The maximum absolute atomic E-state index is 12.6. The second-order valence-electron chi connectivity index (χ2n) is 5.57. The Kier molecular flexibility index (Phi) is 4.85. The van der Waals surface area contributed by atoms with Crippen molar-refractivity contribution in [2.45, 2.75) is 39.7 Å². The van der Waals surface area contributed by atoms with E-state index in [2.05, 4.69) is 25.7 Å². The first-order valence-electron chi connectivity index (χ1n) is 7.04. The third-order valence-electron chi connectivity index (χ3n) is 3.79. The summed E-state index contributed by atoms with van der Waals surface area (Å²) < 4.78 is 0. The van der Waals surface area contributed by atoms with Crippen molar-refractivity contribution in [3.63, 3.8) is 0 Å². The Balaban J connectivity index is 2.20. The second kappa shape index (κ2) is 6.43. The van der Waals surface area contributed by atoms with Gasteiger partial charge >= 0.3 is 0 Å². The molecule has 1 amide bonds. The lowest BCUT2D eigenvalue weighted by Gasteiger charge is -2.36. The van der Waals surface area contributed by atoms with Crippen LogP contribution in [0.1, 0.15) is 46.8 Å². The van der Waals surface area contributed by atoms with E-state index in [0.29, 0.717) is 12.0 Å². The van der Waals surface area contributed by atoms with Crippen molar-refractivity contribution in [1.82, 2.24) is 4.90 Å². The van der Waals surface area contributed by atoms with Crippen molar-refractivity contribution < 1.29 is 9.90 Å². The molecule has 1 aromatic rings. The Morgan fingerprint density at radius 3 is 2.95 bits per heavy atom. The van der Waals surface area contributed by atoms with Crippen LogP contribution in [0.5, 0.6) is 0 Å². The molecule has 0 spiro atoms. The number of carbonyl (C=O) groups excluding carboxylic acids is 1. The Labute approximate surface area is 124 Å². The van der Waals surface area contributed by atoms with Crippen LogP contribution in [0.3, 0.4) is 0 Å². The number of hydrogen-bond acceptors (Lipinski definition) is 3. The summed E-state index contributed by atoms with van der Waals surface area (Å²) in [5, 5.41) is 8.76. The number of nitrogens with zero attached hydrogens (tertiary/aromatic N) is 1. The molecule has 1 saturated heterocycles. The normalized spacial score (nSPS) is 22.3. The molecule has 0 aromatic carbocycles. The van der Waals surface area contributed by atoms with Crippen molar-refractivity contribution in [2.24, 2.45) is 5.92 Å². The third-order valence-corrected chi connectivity index (χ3v) is 4.93. The van der Waals surface area contributed by atoms with E-state index in [-0.39, 0.29) is 12.5 Å². The minimum Gasteiger partial charge on any atom is -0.384 e. The quantitative estimate of drug-likeness (QED) is 0.808. The molecule has 2 unspecified atom stereocenters. The van der Waals surface area contributed by atoms with Gasteiger partial charge in [0, 0.05) is 12.6 Å². The summed E-state index contributed by atoms with van der Waals surface area (Å²) in [6, 6.07) is 2.23. The van der Waals surface area contributed by atoms with Gasteiger partial charge in [-0.2, -0.15) is 0 Å². The van der Waals surface area contributed by atoms with Crippen LogP contribution in [0.25, 0.3) is 0 Å². The largest absolute Gasteiger partial charge is 0.384 e. The molecule has 2 heterocycles. The topological polar surface area (TPSA) is 40.5 Å². The number of aryl methyl sites for hydroxylation is 1. The fourth-order valence-electron chi connectivity index (χ4n) is 2.54. The Morgan fingerprint density at radius 2 is 2.25 bits per heavy atom. The zero-order valence-corrected chi connectivity index (χ0v) is 13.1. The van der Waals surface area contributed by atoms with Gasteiger partial charge in [0.25, 0.3) is 5.91 Å². The molecular formula is C16H21NO2S. The van der Waals surface area contributed by atoms with E-state index in [4.69, 9.17) is 5.11 Å². The number of likely N-dealkylation sites (tertiary alicyclic amines) is 1. The smallest absolute Gasteiger partial charge is 0.264 e. The van der Waals surface area contributed by atoms with E-state index in [1.54, 1.807) is 0 Å². The van der Waals surface area contributed by atoms with Gasteiger partial charge in [-0.05, 0) is 44.2 Å². The first kappa shape index (κ1) is 15.1. The van der Waals surface area contributed by atoms with Gasteiger partial charge in [0.05, 0.1) is 9.75 Å².